The number of halogens is 1. The molecule has 28 heavy (non-hydrogen) atoms. The number of piperidine rings is 1. The van der Waals surface area contributed by atoms with Crippen molar-refractivity contribution in [2.24, 2.45) is 0 Å². The maximum absolute atomic E-state index is 13.1. The molecule has 2 aliphatic rings. The summed E-state index contributed by atoms with van der Waals surface area (Å²) in [5.41, 5.74) is 2.88. The summed E-state index contributed by atoms with van der Waals surface area (Å²) in [6.45, 7) is 3.55. The van der Waals surface area contributed by atoms with E-state index in [9.17, 15) is 9.18 Å². The third kappa shape index (κ3) is 4.15. The first-order valence-electron chi connectivity index (χ1n) is 9.61. The van der Waals surface area contributed by atoms with E-state index < -0.39 is 0 Å². The van der Waals surface area contributed by atoms with Gasteiger partial charge in [0.05, 0.1) is 18.8 Å². The maximum atomic E-state index is 13.1. The Labute approximate surface area is 163 Å². The van der Waals surface area contributed by atoms with Gasteiger partial charge in [-0.1, -0.05) is 17.3 Å². The zero-order valence-electron chi connectivity index (χ0n) is 15.9. The van der Waals surface area contributed by atoms with Crippen LogP contribution in [0.2, 0.25) is 0 Å². The van der Waals surface area contributed by atoms with Gasteiger partial charge in [0, 0.05) is 32.7 Å². The zero-order chi connectivity index (χ0) is 19.5. The molecule has 1 saturated heterocycles. The minimum Gasteiger partial charge on any atom is -0.365 e. The van der Waals surface area contributed by atoms with Crippen molar-refractivity contribution in [2.75, 3.05) is 20.1 Å². The number of benzene rings is 1. The number of ether oxygens (including phenoxy) is 1. The molecule has 8 nitrogen and oxygen atoms in total. The van der Waals surface area contributed by atoms with Gasteiger partial charge in [-0.25, -0.2) is 13.9 Å². The van der Waals surface area contributed by atoms with Crippen molar-refractivity contribution in [3.8, 4) is 0 Å². The van der Waals surface area contributed by atoms with Crippen LogP contribution in [-0.2, 0) is 24.4 Å². The number of carbonyl (C=O) groups is 1. The minimum atomic E-state index is -0.252. The van der Waals surface area contributed by atoms with Crippen molar-refractivity contribution in [3.05, 3.63) is 47.0 Å². The van der Waals surface area contributed by atoms with Crippen molar-refractivity contribution >= 4 is 6.03 Å². The van der Waals surface area contributed by atoms with Crippen LogP contribution in [0.4, 0.5) is 9.18 Å². The van der Waals surface area contributed by atoms with Gasteiger partial charge in [0.25, 0.3) is 0 Å². The molecule has 150 valence electrons. The smallest absolute Gasteiger partial charge is 0.314 e. The molecular weight excluding hydrogens is 363 g/mol. The second-order valence-corrected chi connectivity index (χ2v) is 7.29. The summed E-state index contributed by atoms with van der Waals surface area (Å²) in [6, 6.07) is 6.48. The molecule has 0 spiro atoms. The van der Waals surface area contributed by atoms with Gasteiger partial charge >= 0.3 is 6.03 Å². The van der Waals surface area contributed by atoms with Crippen LogP contribution in [0.15, 0.2) is 24.3 Å². The summed E-state index contributed by atoms with van der Waals surface area (Å²) in [4.78, 5) is 13.8. The van der Waals surface area contributed by atoms with Crippen LogP contribution >= 0.6 is 0 Å². The molecule has 2 aromatic rings. The van der Waals surface area contributed by atoms with E-state index in [1.165, 1.54) is 12.1 Å². The number of hydrogen-bond donors (Lipinski definition) is 2. The number of amides is 2. The molecule has 0 bridgehead atoms. The lowest BCUT2D eigenvalue weighted by molar-refractivity contribution is -0.00219. The normalized spacial score (nSPS) is 20.6. The molecule has 0 saturated carbocycles. The first kappa shape index (κ1) is 18.8. The maximum Gasteiger partial charge on any atom is 0.314 e. The largest absolute Gasteiger partial charge is 0.365 e. The van der Waals surface area contributed by atoms with Gasteiger partial charge in [-0.05, 0) is 30.5 Å². The second kappa shape index (κ2) is 8.24. The Balaban J connectivity index is 1.34. The highest BCUT2D eigenvalue weighted by molar-refractivity contribution is 5.73. The van der Waals surface area contributed by atoms with Gasteiger partial charge in [0.1, 0.15) is 17.6 Å². The van der Waals surface area contributed by atoms with E-state index in [1.54, 1.807) is 19.2 Å². The number of likely N-dealkylation sites (tertiary alicyclic amines) is 1. The van der Waals surface area contributed by atoms with Crippen molar-refractivity contribution in [1.29, 1.82) is 0 Å². The molecule has 3 heterocycles. The molecule has 1 aromatic heterocycles. The number of nitrogens with zero attached hydrogens (tertiary/aromatic N) is 4. The first-order chi connectivity index (χ1) is 13.6. The van der Waals surface area contributed by atoms with Crippen molar-refractivity contribution in [2.45, 2.75) is 44.7 Å². The molecule has 0 aliphatic carbocycles. The average Bonchev–Trinajstić information content (AvgIpc) is 3.12. The minimum absolute atomic E-state index is 0.126. The fraction of sp³-hybridized carbons (Fsp3) is 0.526. The van der Waals surface area contributed by atoms with E-state index in [2.05, 4.69) is 25.8 Å². The molecule has 1 unspecified atom stereocenters. The number of carbonyl (C=O) groups excluding carboxylic acids is 1. The van der Waals surface area contributed by atoms with Crippen molar-refractivity contribution in [3.63, 3.8) is 0 Å². The number of rotatable bonds is 4. The SMILES string of the molecule is CNC(=O)NC1CCN(Cc2nnn3c2COC(c2ccc(F)cc2)C3)CC1. The molecule has 1 fully saturated rings. The molecule has 9 heteroatoms. The van der Waals surface area contributed by atoms with Crippen LogP contribution < -0.4 is 10.6 Å². The highest BCUT2D eigenvalue weighted by atomic mass is 19.1. The number of nitrogens with one attached hydrogen (secondary N) is 2. The van der Waals surface area contributed by atoms with Crippen LogP contribution in [0.5, 0.6) is 0 Å². The van der Waals surface area contributed by atoms with Gasteiger partial charge in [0.15, 0.2) is 0 Å². The fourth-order valence-electron chi connectivity index (χ4n) is 3.77. The number of fused-ring (bicyclic) bond motifs is 1. The fourth-order valence-corrected chi connectivity index (χ4v) is 3.77. The van der Waals surface area contributed by atoms with Crippen molar-refractivity contribution < 1.29 is 13.9 Å². The quantitative estimate of drug-likeness (QED) is 0.831. The highest BCUT2D eigenvalue weighted by Gasteiger charge is 2.27. The van der Waals surface area contributed by atoms with Crippen molar-refractivity contribution in [1.82, 2.24) is 30.5 Å². The highest BCUT2D eigenvalue weighted by Crippen LogP contribution is 2.27. The number of aromatic nitrogens is 3. The van der Waals surface area contributed by atoms with Gasteiger partial charge in [-0.15, -0.1) is 5.10 Å². The summed E-state index contributed by atoms with van der Waals surface area (Å²) in [6.07, 6.45) is 1.69. The van der Waals surface area contributed by atoms with Crippen LogP contribution in [0.3, 0.4) is 0 Å². The molecule has 0 radical (unpaired) electrons. The van der Waals surface area contributed by atoms with E-state index >= 15 is 0 Å². The molecule has 2 N–H and O–H groups in total. The lowest BCUT2D eigenvalue weighted by atomic mass is 10.0. The third-order valence-electron chi connectivity index (χ3n) is 5.44. The Kier molecular flexibility index (Phi) is 5.54. The average molecular weight is 388 g/mol. The molecule has 1 aromatic carbocycles. The van der Waals surface area contributed by atoms with Crippen LogP contribution in [0, 0.1) is 5.82 Å². The summed E-state index contributed by atoms with van der Waals surface area (Å²) < 4.78 is 21.0. The van der Waals surface area contributed by atoms with E-state index in [-0.39, 0.29) is 24.0 Å². The summed E-state index contributed by atoms with van der Waals surface area (Å²) >= 11 is 0. The van der Waals surface area contributed by atoms with Gasteiger partial charge in [-0.2, -0.15) is 0 Å². The third-order valence-corrected chi connectivity index (χ3v) is 5.44. The van der Waals surface area contributed by atoms with Gasteiger partial charge < -0.3 is 15.4 Å². The van der Waals surface area contributed by atoms with E-state index in [4.69, 9.17) is 4.74 Å². The Morgan fingerprint density at radius 3 is 2.75 bits per heavy atom. The predicted molar refractivity (Wildman–Crippen MR) is 99.8 cm³/mol. The summed E-state index contributed by atoms with van der Waals surface area (Å²) in [5, 5.41) is 14.2. The lowest BCUT2D eigenvalue weighted by Gasteiger charge is -2.32. The summed E-state index contributed by atoms with van der Waals surface area (Å²) in [7, 11) is 1.63. The Morgan fingerprint density at radius 2 is 2.04 bits per heavy atom. The van der Waals surface area contributed by atoms with Gasteiger partial charge in [-0.3, -0.25) is 4.90 Å². The Hall–Kier alpha value is -2.52. The Bertz CT molecular complexity index is 816. The first-order valence-corrected chi connectivity index (χ1v) is 9.61. The van der Waals surface area contributed by atoms with Crippen LogP contribution in [-0.4, -0.2) is 52.1 Å². The standard InChI is InChI=1S/C19H25FN6O2/c1-21-19(27)22-15-6-8-25(9-7-15)10-16-17-12-28-18(11-26(17)24-23-16)13-2-4-14(20)5-3-13/h2-5,15,18H,6-12H2,1H3,(H2,21,22,27). The van der Waals surface area contributed by atoms with Crippen LogP contribution in [0.25, 0.3) is 0 Å². The topological polar surface area (TPSA) is 84.3 Å². The Morgan fingerprint density at radius 1 is 1.29 bits per heavy atom. The number of hydrogen-bond acceptors (Lipinski definition) is 5. The zero-order valence-corrected chi connectivity index (χ0v) is 15.9. The van der Waals surface area contributed by atoms with E-state index in [0.29, 0.717) is 13.2 Å². The molecule has 2 aliphatic heterocycles. The van der Waals surface area contributed by atoms with E-state index in [0.717, 1.165) is 49.4 Å². The van der Waals surface area contributed by atoms with Crippen LogP contribution in [0.1, 0.15) is 35.9 Å². The number of urea groups is 1. The molecule has 4 rings (SSSR count). The monoisotopic (exact) mass is 388 g/mol. The molecule has 1 atom stereocenters. The van der Waals surface area contributed by atoms with E-state index in [1.807, 2.05) is 4.68 Å². The summed E-state index contributed by atoms with van der Waals surface area (Å²) in [5.74, 6) is -0.252. The second-order valence-electron chi connectivity index (χ2n) is 7.29. The molecular formula is C19H25FN6O2. The molecule has 2 amide bonds. The predicted octanol–water partition coefficient (Wildman–Crippen LogP) is 1.58. The lowest BCUT2D eigenvalue weighted by Crippen LogP contribution is -2.47. The van der Waals surface area contributed by atoms with Gasteiger partial charge in [0.2, 0.25) is 0 Å².